The summed E-state index contributed by atoms with van der Waals surface area (Å²) >= 11 is 0. The van der Waals surface area contributed by atoms with Gasteiger partial charge in [0.25, 0.3) is 0 Å². The first-order chi connectivity index (χ1) is 11.6. The lowest BCUT2D eigenvalue weighted by atomic mass is 9.85. The van der Waals surface area contributed by atoms with Crippen LogP contribution in [0.15, 0.2) is 24.3 Å². The van der Waals surface area contributed by atoms with Gasteiger partial charge in [0, 0.05) is 37.3 Å². The van der Waals surface area contributed by atoms with Gasteiger partial charge in [0.1, 0.15) is 5.82 Å². The van der Waals surface area contributed by atoms with Gasteiger partial charge in [0.15, 0.2) is 0 Å². The fraction of sp³-hybridized carbons (Fsp3) is 0.632. The van der Waals surface area contributed by atoms with Gasteiger partial charge in [0.2, 0.25) is 5.91 Å². The van der Waals surface area contributed by atoms with Crippen molar-refractivity contribution in [1.82, 2.24) is 9.80 Å². The van der Waals surface area contributed by atoms with Crippen molar-refractivity contribution in [2.24, 2.45) is 5.92 Å². The third kappa shape index (κ3) is 4.47. The summed E-state index contributed by atoms with van der Waals surface area (Å²) in [5.41, 5.74) is 0.960. The van der Waals surface area contributed by atoms with Crippen molar-refractivity contribution in [2.45, 2.75) is 38.1 Å². The molecule has 0 atom stereocenters. The molecule has 0 radical (unpaired) electrons. The average Bonchev–Trinajstić information content (AvgIpc) is 2.82. The van der Waals surface area contributed by atoms with E-state index in [1.807, 2.05) is 0 Å². The zero-order chi connectivity index (χ0) is 16.9. The molecule has 1 N–H and O–H groups in total. The lowest BCUT2D eigenvalue weighted by Crippen LogP contribution is -2.41. The zero-order valence-corrected chi connectivity index (χ0v) is 14.5. The Morgan fingerprint density at radius 1 is 1.04 bits per heavy atom. The minimum absolute atomic E-state index is 0.180. The van der Waals surface area contributed by atoms with Crippen LogP contribution in [0.25, 0.3) is 0 Å². The highest BCUT2D eigenvalue weighted by Crippen LogP contribution is 2.28. The molecule has 2 fully saturated rings. The van der Waals surface area contributed by atoms with Crippen molar-refractivity contribution >= 4 is 11.6 Å². The monoisotopic (exact) mass is 333 g/mol. The van der Waals surface area contributed by atoms with Crippen molar-refractivity contribution in [3.05, 3.63) is 30.1 Å². The highest BCUT2D eigenvalue weighted by molar-refractivity contribution is 5.79. The molecule has 0 aromatic heterocycles. The van der Waals surface area contributed by atoms with Crippen molar-refractivity contribution < 1.29 is 9.18 Å². The van der Waals surface area contributed by atoms with Crippen molar-refractivity contribution in [2.75, 3.05) is 38.5 Å². The van der Waals surface area contributed by atoms with Crippen LogP contribution in [-0.2, 0) is 4.79 Å². The summed E-state index contributed by atoms with van der Waals surface area (Å²) in [6, 6.07) is 6.90. The summed E-state index contributed by atoms with van der Waals surface area (Å²) in [5.74, 6) is 0.322. The minimum Gasteiger partial charge on any atom is -0.382 e. The second kappa shape index (κ2) is 7.97. The van der Waals surface area contributed by atoms with Crippen LogP contribution in [-0.4, -0.2) is 55.0 Å². The van der Waals surface area contributed by atoms with Gasteiger partial charge < -0.3 is 15.1 Å². The smallest absolute Gasteiger partial charge is 0.225 e. The molecule has 5 heteroatoms. The lowest BCUT2D eigenvalue weighted by Gasteiger charge is -2.32. The second-order valence-electron chi connectivity index (χ2n) is 7.18. The highest BCUT2D eigenvalue weighted by Gasteiger charge is 2.30. The van der Waals surface area contributed by atoms with E-state index in [9.17, 15) is 9.18 Å². The topological polar surface area (TPSA) is 35.6 Å². The van der Waals surface area contributed by atoms with Gasteiger partial charge in [-0.05, 0) is 70.0 Å². The Balaban J connectivity index is 1.47. The first-order valence-corrected chi connectivity index (χ1v) is 9.11. The van der Waals surface area contributed by atoms with E-state index in [0.29, 0.717) is 11.9 Å². The first kappa shape index (κ1) is 17.2. The number of nitrogens with one attached hydrogen (secondary N) is 1. The van der Waals surface area contributed by atoms with Crippen LogP contribution in [0.4, 0.5) is 10.1 Å². The number of benzene rings is 1. The molecule has 4 nitrogen and oxygen atoms in total. The maximum atomic E-state index is 13.0. The van der Waals surface area contributed by atoms with Crippen LogP contribution in [0, 0.1) is 11.7 Å². The maximum Gasteiger partial charge on any atom is 0.225 e. The van der Waals surface area contributed by atoms with Gasteiger partial charge in [-0.1, -0.05) is 0 Å². The third-order valence-electron chi connectivity index (χ3n) is 5.32. The summed E-state index contributed by atoms with van der Waals surface area (Å²) < 4.78 is 13.0. The molecule has 1 saturated heterocycles. The van der Waals surface area contributed by atoms with Gasteiger partial charge in [-0.3, -0.25) is 4.79 Å². The Morgan fingerprint density at radius 3 is 2.46 bits per heavy atom. The van der Waals surface area contributed by atoms with Crippen LogP contribution in [0.3, 0.4) is 0 Å². The van der Waals surface area contributed by atoms with Gasteiger partial charge in [-0.15, -0.1) is 0 Å². The number of hydrogen-bond donors (Lipinski definition) is 1. The van der Waals surface area contributed by atoms with E-state index < -0.39 is 0 Å². The summed E-state index contributed by atoms with van der Waals surface area (Å²) in [7, 11) is 2.13. The van der Waals surface area contributed by atoms with E-state index in [1.54, 1.807) is 12.1 Å². The third-order valence-corrected chi connectivity index (χ3v) is 5.32. The molecule has 132 valence electrons. The number of rotatable bonds is 3. The molecule has 1 heterocycles. The summed E-state index contributed by atoms with van der Waals surface area (Å²) in [5, 5.41) is 3.46. The molecule has 3 rings (SSSR count). The molecule has 0 unspecified atom stereocenters. The van der Waals surface area contributed by atoms with E-state index in [-0.39, 0.29) is 11.7 Å². The molecule has 1 aliphatic heterocycles. The Morgan fingerprint density at radius 2 is 1.75 bits per heavy atom. The Hall–Kier alpha value is -1.62. The summed E-state index contributed by atoms with van der Waals surface area (Å²) in [6.45, 7) is 3.82. The standard InChI is InChI=1S/C19H28FN3O/c1-22-11-2-12-23(14-13-22)19(24)15-3-7-17(8-4-15)21-18-9-5-16(20)6-10-18/h5-6,9-10,15,17,21H,2-4,7-8,11-14H2,1H3/t15-,17-. The lowest BCUT2D eigenvalue weighted by molar-refractivity contribution is -0.136. The number of carbonyl (C=O) groups excluding carboxylic acids is 1. The van der Waals surface area contributed by atoms with Crippen molar-refractivity contribution in [3.63, 3.8) is 0 Å². The van der Waals surface area contributed by atoms with Crippen LogP contribution in [0.5, 0.6) is 0 Å². The predicted octanol–water partition coefficient (Wildman–Crippen LogP) is 2.96. The number of anilines is 1. The zero-order valence-electron chi connectivity index (χ0n) is 14.5. The second-order valence-corrected chi connectivity index (χ2v) is 7.18. The maximum absolute atomic E-state index is 13.0. The molecule has 1 amide bonds. The molecule has 2 aliphatic rings. The fourth-order valence-corrected chi connectivity index (χ4v) is 3.79. The Labute approximate surface area is 144 Å². The number of amides is 1. The molecule has 0 bridgehead atoms. The van der Waals surface area contributed by atoms with Crippen molar-refractivity contribution in [1.29, 1.82) is 0 Å². The van der Waals surface area contributed by atoms with Crippen molar-refractivity contribution in [3.8, 4) is 0 Å². The molecule has 0 spiro atoms. The minimum atomic E-state index is -0.210. The molecule has 24 heavy (non-hydrogen) atoms. The first-order valence-electron chi connectivity index (χ1n) is 9.11. The number of likely N-dealkylation sites (N-methyl/N-ethyl adjacent to an activating group) is 1. The van der Waals surface area contributed by atoms with Gasteiger partial charge >= 0.3 is 0 Å². The predicted molar refractivity (Wildman–Crippen MR) is 94.5 cm³/mol. The van der Waals surface area contributed by atoms with E-state index in [2.05, 4.69) is 22.2 Å². The van der Waals surface area contributed by atoms with Crippen LogP contribution >= 0.6 is 0 Å². The van der Waals surface area contributed by atoms with Crippen LogP contribution < -0.4 is 5.32 Å². The largest absolute Gasteiger partial charge is 0.382 e. The quantitative estimate of drug-likeness (QED) is 0.924. The normalized spacial score (nSPS) is 26.0. The van der Waals surface area contributed by atoms with E-state index in [1.165, 1.54) is 12.1 Å². The average molecular weight is 333 g/mol. The summed E-state index contributed by atoms with van der Waals surface area (Å²) in [6.07, 6.45) is 4.97. The molecule has 1 aliphatic carbocycles. The molecular formula is C19H28FN3O. The molecule has 1 saturated carbocycles. The Kier molecular flexibility index (Phi) is 5.72. The van der Waals surface area contributed by atoms with E-state index >= 15 is 0 Å². The highest BCUT2D eigenvalue weighted by atomic mass is 19.1. The van der Waals surface area contributed by atoms with Crippen LogP contribution in [0.1, 0.15) is 32.1 Å². The Bertz CT molecular complexity index is 540. The van der Waals surface area contributed by atoms with Gasteiger partial charge in [0.05, 0.1) is 0 Å². The number of carbonyl (C=O) groups is 1. The van der Waals surface area contributed by atoms with Crippen LogP contribution in [0.2, 0.25) is 0 Å². The fourth-order valence-electron chi connectivity index (χ4n) is 3.79. The number of nitrogens with zero attached hydrogens (tertiary/aromatic N) is 2. The van der Waals surface area contributed by atoms with Gasteiger partial charge in [-0.2, -0.15) is 0 Å². The van der Waals surface area contributed by atoms with E-state index in [0.717, 1.165) is 64.0 Å². The van der Waals surface area contributed by atoms with Gasteiger partial charge in [-0.25, -0.2) is 4.39 Å². The number of hydrogen-bond acceptors (Lipinski definition) is 3. The molecule has 1 aromatic carbocycles. The number of halogens is 1. The molecule has 1 aromatic rings. The van der Waals surface area contributed by atoms with E-state index in [4.69, 9.17) is 0 Å². The summed E-state index contributed by atoms with van der Waals surface area (Å²) in [4.78, 5) is 17.1. The molecular weight excluding hydrogens is 305 g/mol. The SMILES string of the molecule is CN1CCCN(C(=O)[C@H]2CC[C@H](Nc3ccc(F)cc3)CC2)CC1.